The molecule has 0 aliphatic carbocycles. The Balaban J connectivity index is 1.57. The highest BCUT2D eigenvalue weighted by Gasteiger charge is 2.24. The summed E-state index contributed by atoms with van der Waals surface area (Å²) in [5.74, 6) is -0.587. The van der Waals surface area contributed by atoms with Gasteiger partial charge in [0.05, 0.1) is 17.9 Å². The Morgan fingerprint density at radius 2 is 2.10 bits per heavy atom. The molecule has 9 heteroatoms. The predicted octanol–water partition coefficient (Wildman–Crippen LogP) is 3.58. The molecule has 0 radical (unpaired) electrons. The van der Waals surface area contributed by atoms with E-state index in [1.807, 2.05) is 26.1 Å². The summed E-state index contributed by atoms with van der Waals surface area (Å²) in [6.45, 7) is 8.67. The van der Waals surface area contributed by atoms with Crippen molar-refractivity contribution in [1.29, 1.82) is 0 Å². The summed E-state index contributed by atoms with van der Waals surface area (Å²) in [6.07, 6.45) is 2.59. The van der Waals surface area contributed by atoms with Crippen molar-refractivity contribution in [3.63, 3.8) is 0 Å². The minimum absolute atomic E-state index is 0.165. The number of para-hydroxylation sites is 1. The minimum Gasteiger partial charge on any atom is -0.379 e. The zero-order valence-corrected chi connectivity index (χ0v) is 18.1. The van der Waals surface area contributed by atoms with Gasteiger partial charge in [0.15, 0.2) is 10.8 Å². The van der Waals surface area contributed by atoms with Crippen LogP contribution in [0.1, 0.15) is 36.8 Å². The molecule has 0 atom stereocenters. The molecule has 30 heavy (non-hydrogen) atoms. The number of ether oxygens (including phenoxy) is 1. The Kier molecular flexibility index (Phi) is 6.40. The van der Waals surface area contributed by atoms with Crippen LogP contribution in [0.15, 0.2) is 30.5 Å². The number of carbonyl (C=O) groups is 1. The van der Waals surface area contributed by atoms with Crippen LogP contribution in [0.2, 0.25) is 0 Å². The van der Waals surface area contributed by atoms with E-state index in [0.717, 1.165) is 44.0 Å². The molecule has 1 amide bonds. The largest absolute Gasteiger partial charge is 0.379 e. The van der Waals surface area contributed by atoms with Crippen molar-refractivity contribution in [2.75, 3.05) is 44.3 Å². The van der Waals surface area contributed by atoms with E-state index < -0.39 is 0 Å². The van der Waals surface area contributed by atoms with Crippen LogP contribution in [-0.2, 0) is 4.74 Å². The number of fused-ring (bicyclic) bond motifs is 1. The first-order chi connectivity index (χ1) is 14.5. The number of halogens is 1. The fourth-order valence-electron chi connectivity index (χ4n) is 3.46. The van der Waals surface area contributed by atoms with Crippen molar-refractivity contribution in [2.24, 2.45) is 0 Å². The van der Waals surface area contributed by atoms with E-state index in [-0.39, 0.29) is 17.8 Å². The number of anilines is 1. The van der Waals surface area contributed by atoms with Gasteiger partial charge in [-0.05, 0) is 38.5 Å². The highest BCUT2D eigenvalue weighted by atomic mass is 32.1. The Hall–Kier alpha value is -2.36. The third-order valence-corrected chi connectivity index (χ3v) is 6.19. The second-order valence-electron chi connectivity index (χ2n) is 7.62. The Morgan fingerprint density at radius 1 is 1.30 bits per heavy atom. The summed E-state index contributed by atoms with van der Waals surface area (Å²) in [5.41, 5.74) is 0.672. The molecule has 1 aromatic carbocycles. The monoisotopic (exact) mass is 431 g/mol. The van der Waals surface area contributed by atoms with Crippen LogP contribution in [0.25, 0.3) is 10.2 Å². The molecule has 0 unspecified atom stereocenters. The summed E-state index contributed by atoms with van der Waals surface area (Å²) in [6, 6.07) is 6.77. The standard InChI is InChI=1S/C21H26FN5O2S/c1-15(2)27-10-7-17(24-27)20(28)26(9-4-8-25-11-13-29-14-12-25)21-23-19-16(22)5-3-6-18(19)30-21/h3,5-7,10,15H,4,8-9,11-14H2,1-2H3. The van der Waals surface area contributed by atoms with Crippen molar-refractivity contribution < 1.29 is 13.9 Å². The molecule has 3 heterocycles. The molecule has 1 saturated heterocycles. The highest BCUT2D eigenvalue weighted by molar-refractivity contribution is 7.22. The lowest BCUT2D eigenvalue weighted by atomic mass is 10.3. The van der Waals surface area contributed by atoms with Gasteiger partial charge in [-0.1, -0.05) is 17.4 Å². The van der Waals surface area contributed by atoms with Crippen LogP contribution in [0.5, 0.6) is 0 Å². The topological polar surface area (TPSA) is 63.5 Å². The third kappa shape index (κ3) is 4.53. The lowest BCUT2D eigenvalue weighted by Crippen LogP contribution is -2.39. The first-order valence-corrected chi connectivity index (χ1v) is 11.1. The number of amides is 1. The normalized spacial score (nSPS) is 15.2. The van der Waals surface area contributed by atoms with Crippen molar-refractivity contribution in [2.45, 2.75) is 26.3 Å². The number of morpholine rings is 1. The van der Waals surface area contributed by atoms with Gasteiger partial charge in [0, 0.05) is 38.4 Å². The Bertz CT molecular complexity index is 1010. The molecule has 1 aliphatic rings. The van der Waals surface area contributed by atoms with E-state index in [4.69, 9.17) is 4.74 Å². The maximum absolute atomic E-state index is 14.2. The first-order valence-electron chi connectivity index (χ1n) is 10.2. The molecule has 0 N–H and O–H groups in total. The number of benzene rings is 1. The zero-order chi connectivity index (χ0) is 21.1. The molecule has 1 aliphatic heterocycles. The maximum Gasteiger partial charge on any atom is 0.280 e. The second-order valence-corrected chi connectivity index (χ2v) is 8.63. The van der Waals surface area contributed by atoms with Crippen LogP contribution in [0.4, 0.5) is 9.52 Å². The van der Waals surface area contributed by atoms with Crippen LogP contribution in [-0.4, -0.2) is 65.0 Å². The molecule has 160 valence electrons. The average molecular weight is 432 g/mol. The Labute approximate surface area is 179 Å². The van der Waals surface area contributed by atoms with Gasteiger partial charge in [-0.15, -0.1) is 0 Å². The van der Waals surface area contributed by atoms with Gasteiger partial charge < -0.3 is 4.74 Å². The number of carbonyl (C=O) groups excluding carboxylic acids is 1. The second kappa shape index (κ2) is 9.20. The third-order valence-electron chi connectivity index (χ3n) is 5.15. The van der Waals surface area contributed by atoms with E-state index in [2.05, 4.69) is 15.0 Å². The van der Waals surface area contributed by atoms with Gasteiger partial charge in [0.25, 0.3) is 5.91 Å². The van der Waals surface area contributed by atoms with Crippen molar-refractivity contribution in [1.82, 2.24) is 19.7 Å². The molecular weight excluding hydrogens is 405 g/mol. The Morgan fingerprint density at radius 3 is 2.80 bits per heavy atom. The van der Waals surface area contributed by atoms with Crippen LogP contribution in [0.3, 0.4) is 0 Å². The van der Waals surface area contributed by atoms with Gasteiger partial charge in [0.1, 0.15) is 11.3 Å². The quantitative estimate of drug-likeness (QED) is 0.572. The van der Waals surface area contributed by atoms with E-state index >= 15 is 0 Å². The van der Waals surface area contributed by atoms with Crippen LogP contribution in [0, 0.1) is 5.82 Å². The molecular formula is C21H26FN5O2S. The fourth-order valence-corrected chi connectivity index (χ4v) is 4.46. The number of hydrogen-bond acceptors (Lipinski definition) is 6. The first kappa shape index (κ1) is 20.9. The zero-order valence-electron chi connectivity index (χ0n) is 17.3. The number of rotatable bonds is 7. The fraction of sp³-hybridized carbons (Fsp3) is 0.476. The number of hydrogen-bond donors (Lipinski definition) is 0. The molecule has 0 bridgehead atoms. The molecule has 3 aromatic rings. The number of aromatic nitrogens is 3. The summed E-state index contributed by atoms with van der Waals surface area (Å²) < 4.78 is 22.1. The molecule has 7 nitrogen and oxygen atoms in total. The summed E-state index contributed by atoms with van der Waals surface area (Å²) in [7, 11) is 0. The molecule has 4 rings (SSSR count). The van der Waals surface area contributed by atoms with Crippen LogP contribution >= 0.6 is 11.3 Å². The maximum atomic E-state index is 14.2. The predicted molar refractivity (Wildman–Crippen MR) is 116 cm³/mol. The van der Waals surface area contributed by atoms with Gasteiger partial charge in [0.2, 0.25) is 0 Å². The molecule has 0 saturated carbocycles. The van der Waals surface area contributed by atoms with Crippen molar-refractivity contribution in [3.05, 3.63) is 42.0 Å². The average Bonchev–Trinajstić information content (AvgIpc) is 3.40. The van der Waals surface area contributed by atoms with Crippen molar-refractivity contribution in [3.8, 4) is 0 Å². The summed E-state index contributed by atoms with van der Waals surface area (Å²) in [5, 5.41) is 4.93. The van der Waals surface area contributed by atoms with Gasteiger partial charge >= 0.3 is 0 Å². The van der Waals surface area contributed by atoms with E-state index in [1.165, 1.54) is 17.4 Å². The number of nitrogens with zero attached hydrogens (tertiary/aromatic N) is 5. The minimum atomic E-state index is -0.375. The number of thiazole rings is 1. The van der Waals surface area contributed by atoms with Crippen molar-refractivity contribution >= 4 is 32.6 Å². The van der Waals surface area contributed by atoms with Gasteiger partial charge in [-0.3, -0.25) is 19.3 Å². The summed E-state index contributed by atoms with van der Waals surface area (Å²) in [4.78, 5) is 21.7. The SMILES string of the molecule is CC(C)n1ccc(C(=O)N(CCCN2CCOCC2)c2nc3c(F)cccc3s2)n1. The van der Waals surface area contributed by atoms with E-state index in [0.29, 0.717) is 22.9 Å². The van der Waals surface area contributed by atoms with E-state index in [1.54, 1.807) is 21.7 Å². The van der Waals surface area contributed by atoms with Gasteiger partial charge in [-0.2, -0.15) is 5.10 Å². The van der Waals surface area contributed by atoms with Crippen LogP contribution < -0.4 is 4.90 Å². The lowest BCUT2D eigenvalue weighted by Gasteiger charge is -2.27. The smallest absolute Gasteiger partial charge is 0.280 e. The summed E-state index contributed by atoms with van der Waals surface area (Å²) >= 11 is 1.33. The lowest BCUT2D eigenvalue weighted by molar-refractivity contribution is 0.0376. The van der Waals surface area contributed by atoms with E-state index in [9.17, 15) is 9.18 Å². The molecule has 1 fully saturated rings. The molecule has 2 aromatic heterocycles. The highest BCUT2D eigenvalue weighted by Crippen LogP contribution is 2.31. The van der Waals surface area contributed by atoms with Gasteiger partial charge in [-0.25, -0.2) is 9.37 Å². The molecule has 0 spiro atoms.